The summed E-state index contributed by atoms with van der Waals surface area (Å²) in [5, 5.41) is 13.2. The van der Waals surface area contributed by atoms with Gasteiger partial charge < -0.3 is 5.32 Å². The molecular formula is C12H14N2O4. The highest BCUT2D eigenvalue weighted by Crippen LogP contribution is 2.19. The Hall–Kier alpha value is -2.24. The Balaban J connectivity index is 2.97. The molecule has 0 bridgehead atoms. The van der Waals surface area contributed by atoms with Crippen LogP contribution in [-0.2, 0) is 4.79 Å². The molecule has 0 saturated carbocycles. The minimum absolute atomic E-state index is 0.113. The van der Waals surface area contributed by atoms with Crippen molar-refractivity contribution in [1.82, 2.24) is 5.32 Å². The molecule has 0 aliphatic rings. The molecule has 6 heteroatoms. The number of benzene rings is 1. The van der Waals surface area contributed by atoms with Crippen LogP contribution in [0.2, 0.25) is 0 Å². The first-order valence-electron chi connectivity index (χ1n) is 5.39. The lowest BCUT2D eigenvalue weighted by atomic mass is 10.1. The number of nitro groups is 1. The molecule has 1 aromatic rings. The van der Waals surface area contributed by atoms with Crippen LogP contribution >= 0.6 is 0 Å². The zero-order valence-corrected chi connectivity index (χ0v) is 10.4. The van der Waals surface area contributed by atoms with Crippen LogP contribution in [-0.4, -0.2) is 22.7 Å². The van der Waals surface area contributed by atoms with Crippen molar-refractivity contribution in [3.8, 4) is 0 Å². The maximum Gasteiger partial charge on any atom is 0.273 e. The van der Waals surface area contributed by atoms with Crippen LogP contribution in [0.15, 0.2) is 18.2 Å². The van der Waals surface area contributed by atoms with Crippen molar-refractivity contribution >= 4 is 17.4 Å². The molecule has 1 N–H and O–H groups in total. The standard InChI is InChI=1S/C12H14N2O4/c1-7-4-5-10(6-11(7)14(17)18)12(16)13-8(2)9(3)15/h4-6,8H,1-3H3,(H,13,16). The molecule has 0 fully saturated rings. The lowest BCUT2D eigenvalue weighted by Gasteiger charge is -2.10. The van der Waals surface area contributed by atoms with Gasteiger partial charge >= 0.3 is 0 Å². The summed E-state index contributed by atoms with van der Waals surface area (Å²) < 4.78 is 0. The number of nitrogens with one attached hydrogen (secondary N) is 1. The molecular weight excluding hydrogens is 236 g/mol. The third-order valence-corrected chi connectivity index (χ3v) is 2.63. The maximum absolute atomic E-state index is 11.8. The van der Waals surface area contributed by atoms with Gasteiger partial charge in [-0.25, -0.2) is 0 Å². The van der Waals surface area contributed by atoms with E-state index in [2.05, 4.69) is 5.32 Å². The van der Waals surface area contributed by atoms with E-state index in [1.807, 2.05) is 0 Å². The second-order valence-corrected chi connectivity index (χ2v) is 4.06. The summed E-state index contributed by atoms with van der Waals surface area (Å²) in [4.78, 5) is 33.0. The van der Waals surface area contributed by atoms with Crippen LogP contribution in [0.1, 0.15) is 29.8 Å². The van der Waals surface area contributed by atoms with Crippen molar-refractivity contribution < 1.29 is 14.5 Å². The van der Waals surface area contributed by atoms with Gasteiger partial charge in [0.25, 0.3) is 11.6 Å². The molecule has 6 nitrogen and oxygen atoms in total. The molecule has 1 aromatic carbocycles. The molecule has 1 rings (SSSR count). The van der Waals surface area contributed by atoms with E-state index in [1.165, 1.54) is 25.1 Å². The van der Waals surface area contributed by atoms with Crippen molar-refractivity contribution in [2.24, 2.45) is 0 Å². The zero-order valence-electron chi connectivity index (χ0n) is 10.4. The van der Waals surface area contributed by atoms with Gasteiger partial charge in [0.15, 0.2) is 5.78 Å². The number of nitro benzene ring substituents is 1. The molecule has 1 atom stereocenters. The first kappa shape index (κ1) is 13.8. The molecule has 0 saturated heterocycles. The molecule has 0 aliphatic heterocycles. The third-order valence-electron chi connectivity index (χ3n) is 2.63. The molecule has 0 aromatic heterocycles. The van der Waals surface area contributed by atoms with Gasteiger partial charge in [-0.15, -0.1) is 0 Å². The Morgan fingerprint density at radius 1 is 1.39 bits per heavy atom. The van der Waals surface area contributed by atoms with Gasteiger partial charge in [-0.3, -0.25) is 19.7 Å². The van der Waals surface area contributed by atoms with E-state index in [1.54, 1.807) is 13.8 Å². The lowest BCUT2D eigenvalue weighted by Crippen LogP contribution is -2.37. The normalized spacial score (nSPS) is 11.7. The van der Waals surface area contributed by atoms with E-state index in [4.69, 9.17) is 0 Å². The highest BCUT2D eigenvalue weighted by atomic mass is 16.6. The van der Waals surface area contributed by atoms with Crippen LogP contribution in [0.3, 0.4) is 0 Å². The van der Waals surface area contributed by atoms with Gasteiger partial charge in [-0.1, -0.05) is 6.07 Å². The summed E-state index contributed by atoms with van der Waals surface area (Å²) in [7, 11) is 0. The quantitative estimate of drug-likeness (QED) is 0.649. The van der Waals surface area contributed by atoms with Gasteiger partial charge in [0.1, 0.15) is 0 Å². The summed E-state index contributed by atoms with van der Waals surface area (Å²) in [6.07, 6.45) is 0. The summed E-state index contributed by atoms with van der Waals surface area (Å²) >= 11 is 0. The highest BCUT2D eigenvalue weighted by Gasteiger charge is 2.17. The molecule has 18 heavy (non-hydrogen) atoms. The molecule has 1 unspecified atom stereocenters. The second kappa shape index (κ2) is 5.39. The first-order chi connectivity index (χ1) is 8.32. The van der Waals surface area contributed by atoms with Crippen LogP contribution in [0.5, 0.6) is 0 Å². The number of ketones is 1. The predicted molar refractivity (Wildman–Crippen MR) is 65.4 cm³/mol. The molecule has 0 heterocycles. The zero-order chi connectivity index (χ0) is 13.9. The Bertz CT molecular complexity index is 511. The number of amides is 1. The van der Waals surface area contributed by atoms with Gasteiger partial charge in [0.2, 0.25) is 0 Å². The number of carbonyl (C=O) groups excluding carboxylic acids is 2. The summed E-state index contributed by atoms with van der Waals surface area (Å²) in [5.41, 5.74) is 0.537. The number of hydrogen-bond acceptors (Lipinski definition) is 4. The SMILES string of the molecule is CC(=O)C(C)NC(=O)c1ccc(C)c([N+](=O)[O-])c1. The monoisotopic (exact) mass is 250 g/mol. The molecule has 0 aliphatic carbocycles. The van der Waals surface area contributed by atoms with E-state index in [-0.39, 0.29) is 17.0 Å². The fourth-order valence-electron chi connectivity index (χ4n) is 1.33. The molecule has 1 amide bonds. The number of carbonyl (C=O) groups is 2. The fourth-order valence-corrected chi connectivity index (χ4v) is 1.33. The van der Waals surface area contributed by atoms with E-state index in [0.717, 1.165) is 0 Å². The van der Waals surface area contributed by atoms with Crippen LogP contribution in [0, 0.1) is 17.0 Å². The average Bonchev–Trinajstić information content (AvgIpc) is 2.28. The van der Waals surface area contributed by atoms with Gasteiger partial charge in [-0.2, -0.15) is 0 Å². The minimum atomic E-state index is -0.613. The molecule has 0 radical (unpaired) electrons. The summed E-state index contributed by atoms with van der Waals surface area (Å²) in [5.74, 6) is -0.675. The Morgan fingerprint density at radius 3 is 2.50 bits per heavy atom. The highest BCUT2D eigenvalue weighted by molar-refractivity contribution is 5.97. The number of Topliss-reactive ketones (excluding diaryl/α,β-unsaturated/α-hetero) is 1. The van der Waals surface area contributed by atoms with Gasteiger partial charge in [0, 0.05) is 17.2 Å². The maximum atomic E-state index is 11.8. The lowest BCUT2D eigenvalue weighted by molar-refractivity contribution is -0.385. The van der Waals surface area contributed by atoms with E-state index in [0.29, 0.717) is 5.56 Å². The smallest absolute Gasteiger partial charge is 0.273 e. The van der Waals surface area contributed by atoms with Crippen LogP contribution in [0.25, 0.3) is 0 Å². The Kier molecular flexibility index (Phi) is 4.14. The summed E-state index contributed by atoms with van der Waals surface area (Å²) in [6.45, 7) is 4.52. The van der Waals surface area contributed by atoms with Crippen molar-refractivity contribution in [2.75, 3.05) is 0 Å². The largest absolute Gasteiger partial charge is 0.343 e. The number of aryl methyl sites for hydroxylation is 1. The Labute approximate surface area is 104 Å². The van der Waals surface area contributed by atoms with Crippen molar-refractivity contribution in [1.29, 1.82) is 0 Å². The number of nitrogens with zero attached hydrogens (tertiary/aromatic N) is 1. The fraction of sp³-hybridized carbons (Fsp3) is 0.333. The predicted octanol–water partition coefficient (Wildman–Crippen LogP) is 1.61. The van der Waals surface area contributed by atoms with Crippen LogP contribution in [0.4, 0.5) is 5.69 Å². The Morgan fingerprint density at radius 2 is 2.00 bits per heavy atom. The number of rotatable bonds is 4. The number of hydrogen-bond donors (Lipinski definition) is 1. The third kappa shape index (κ3) is 3.13. The van der Waals surface area contributed by atoms with Crippen molar-refractivity contribution in [3.63, 3.8) is 0 Å². The van der Waals surface area contributed by atoms with Gasteiger partial charge in [-0.05, 0) is 26.8 Å². The van der Waals surface area contributed by atoms with E-state index >= 15 is 0 Å². The van der Waals surface area contributed by atoms with Crippen LogP contribution < -0.4 is 5.32 Å². The molecule has 0 spiro atoms. The molecule has 96 valence electrons. The minimum Gasteiger partial charge on any atom is -0.343 e. The first-order valence-corrected chi connectivity index (χ1v) is 5.39. The van der Waals surface area contributed by atoms with Gasteiger partial charge in [0.05, 0.1) is 11.0 Å². The average molecular weight is 250 g/mol. The van der Waals surface area contributed by atoms with E-state index < -0.39 is 16.9 Å². The van der Waals surface area contributed by atoms with Crippen molar-refractivity contribution in [3.05, 3.63) is 39.4 Å². The van der Waals surface area contributed by atoms with E-state index in [9.17, 15) is 19.7 Å². The second-order valence-electron chi connectivity index (χ2n) is 4.06. The summed E-state index contributed by atoms with van der Waals surface area (Å²) in [6, 6.07) is 3.59. The topological polar surface area (TPSA) is 89.3 Å². The van der Waals surface area contributed by atoms with Crippen molar-refractivity contribution in [2.45, 2.75) is 26.8 Å².